The van der Waals surface area contributed by atoms with Crippen molar-refractivity contribution >= 4 is 0 Å². The van der Waals surface area contributed by atoms with Crippen molar-refractivity contribution in [3.63, 3.8) is 0 Å². The molecule has 0 aliphatic carbocycles. The predicted octanol–water partition coefficient (Wildman–Crippen LogP) is 2.18. The molecule has 12 heavy (non-hydrogen) atoms. The van der Waals surface area contributed by atoms with E-state index in [1.807, 2.05) is 6.92 Å². The van der Waals surface area contributed by atoms with E-state index in [0.717, 1.165) is 19.6 Å². The summed E-state index contributed by atoms with van der Waals surface area (Å²) in [5.41, 5.74) is 5.96. The summed E-state index contributed by atoms with van der Waals surface area (Å²) in [6, 6.07) is 0.316. The van der Waals surface area contributed by atoms with E-state index in [9.17, 15) is 0 Å². The summed E-state index contributed by atoms with van der Waals surface area (Å²) in [7, 11) is 0. The zero-order valence-corrected chi connectivity index (χ0v) is 8.68. The summed E-state index contributed by atoms with van der Waals surface area (Å²) in [5.74, 6) is 0.635. The molecule has 0 aromatic carbocycles. The van der Waals surface area contributed by atoms with E-state index in [2.05, 4.69) is 13.8 Å². The minimum atomic E-state index is 0.316. The van der Waals surface area contributed by atoms with E-state index in [0.29, 0.717) is 12.0 Å². The highest BCUT2D eigenvalue weighted by Gasteiger charge is 2.10. The van der Waals surface area contributed by atoms with E-state index in [4.69, 9.17) is 10.5 Å². The van der Waals surface area contributed by atoms with Gasteiger partial charge in [-0.1, -0.05) is 20.3 Å². The average molecular weight is 173 g/mol. The third-order valence-electron chi connectivity index (χ3n) is 2.27. The molecular formula is C10H23NO. The summed E-state index contributed by atoms with van der Waals surface area (Å²) < 4.78 is 5.25. The van der Waals surface area contributed by atoms with Crippen LogP contribution < -0.4 is 5.73 Å². The molecule has 0 amide bonds. The highest BCUT2D eigenvalue weighted by atomic mass is 16.5. The van der Waals surface area contributed by atoms with Crippen molar-refractivity contribution < 1.29 is 4.74 Å². The van der Waals surface area contributed by atoms with Crippen LogP contribution in [0, 0.1) is 5.92 Å². The first-order valence-electron chi connectivity index (χ1n) is 5.05. The molecule has 2 atom stereocenters. The molecule has 74 valence electrons. The molecule has 0 aliphatic heterocycles. The number of nitrogens with two attached hydrogens (primary N) is 1. The van der Waals surface area contributed by atoms with Crippen LogP contribution >= 0.6 is 0 Å². The second-order valence-electron chi connectivity index (χ2n) is 3.42. The molecule has 0 aromatic rings. The van der Waals surface area contributed by atoms with Gasteiger partial charge in [0.2, 0.25) is 0 Å². The summed E-state index contributed by atoms with van der Waals surface area (Å²) in [5, 5.41) is 0. The fourth-order valence-corrected chi connectivity index (χ4v) is 1.32. The van der Waals surface area contributed by atoms with Crippen molar-refractivity contribution in [2.24, 2.45) is 11.7 Å². The first kappa shape index (κ1) is 11.9. The lowest BCUT2D eigenvalue weighted by atomic mass is 9.96. The van der Waals surface area contributed by atoms with Crippen molar-refractivity contribution in [2.75, 3.05) is 13.2 Å². The first-order valence-corrected chi connectivity index (χ1v) is 5.05. The highest BCUT2D eigenvalue weighted by Crippen LogP contribution is 2.11. The van der Waals surface area contributed by atoms with Gasteiger partial charge in [0.1, 0.15) is 0 Å². The molecule has 0 heterocycles. The van der Waals surface area contributed by atoms with Crippen LogP contribution in [0.1, 0.15) is 40.0 Å². The minimum Gasteiger partial charge on any atom is -0.382 e. The van der Waals surface area contributed by atoms with Gasteiger partial charge in [0.15, 0.2) is 0 Å². The van der Waals surface area contributed by atoms with E-state index in [-0.39, 0.29) is 0 Å². The van der Waals surface area contributed by atoms with Gasteiger partial charge >= 0.3 is 0 Å². The molecule has 0 aromatic heterocycles. The van der Waals surface area contributed by atoms with Gasteiger partial charge in [0, 0.05) is 19.3 Å². The van der Waals surface area contributed by atoms with Gasteiger partial charge in [0.05, 0.1) is 0 Å². The summed E-state index contributed by atoms with van der Waals surface area (Å²) in [6.45, 7) is 8.05. The van der Waals surface area contributed by atoms with Gasteiger partial charge in [-0.15, -0.1) is 0 Å². The predicted molar refractivity (Wildman–Crippen MR) is 53.2 cm³/mol. The van der Waals surface area contributed by atoms with E-state index in [1.165, 1.54) is 12.8 Å². The average Bonchev–Trinajstić information content (AvgIpc) is 2.05. The maximum absolute atomic E-state index is 5.96. The van der Waals surface area contributed by atoms with Gasteiger partial charge in [-0.05, 0) is 25.7 Å². The number of hydrogen-bond acceptors (Lipinski definition) is 2. The molecule has 0 spiro atoms. The molecule has 0 aliphatic rings. The van der Waals surface area contributed by atoms with Crippen LogP contribution in [-0.4, -0.2) is 19.3 Å². The Morgan fingerprint density at radius 2 is 1.92 bits per heavy atom. The van der Waals surface area contributed by atoms with Crippen LogP contribution in [0.4, 0.5) is 0 Å². The third kappa shape index (κ3) is 5.56. The topological polar surface area (TPSA) is 35.2 Å². The Morgan fingerprint density at radius 1 is 1.25 bits per heavy atom. The Morgan fingerprint density at radius 3 is 2.42 bits per heavy atom. The Labute approximate surface area is 76.5 Å². The molecule has 0 saturated heterocycles. The lowest BCUT2D eigenvalue weighted by Gasteiger charge is -2.18. The summed E-state index contributed by atoms with van der Waals surface area (Å²) in [6.07, 6.45) is 3.45. The van der Waals surface area contributed by atoms with Crippen LogP contribution in [0.2, 0.25) is 0 Å². The summed E-state index contributed by atoms with van der Waals surface area (Å²) >= 11 is 0. The monoisotopic (exact) mass is 173 g/mol. The molecule has 2 N–H and O–H groups in total. The fraction of sp³-hybridized carbons (Fsp3) is 1.00. The Kier molecular flexibility index (Phi) is 7.51. The van der Waals surface area contributed by atoms with E-state index < -0.39 is 0 Å². The van der Waals surface area contributed by atoms with Gasteiger partial charge in [-0.25, -0.2) is 0 Å². The second kappa shape index (κ2) is 7.56. The van der Waals surface area contributed by atoms with E-state index >= 15 is 0 Å². The molecule has 0 rings (SSSR count). The van der Waals surface area contributed by atoms with E-state index in [1.54, 1.807) is 0 Å². The van der Waals surface area contributed by atoms with Crippen molar-refractivity contribution in [2.45, 2.75) is 46.1 Å². The van der Waals surface area contributed by atoms with Crippen LogP contribution in [0.3, 0.4) is 0 Å². The normalized spacial score (nSPS) is 16.0. The largest absolute Gasteiger partial charge is 0.382 e. The zero-order valence-electron chi connectivity index (χ0n) is 8.68. The van der Waals surface area contributed by atoms with Crippen LogP contribution in [0.5, 0.6) is 0 Å². The standard InChI is InChI=1S/C10H23NO/c1-4-6-9(3)10(11)7-8-12-5-2/h9-10H,4-8,11H2,1-3H3. The molecule has 0 fully saturated rings. The van der Waals surface area contributed by atoms with Crippen molar-refractivity contribution in [1.82, 2.24) is 0 Å². The zero-order chi connectivity index (χ0) is 9.40. The quantitative estimate of drug-likeness (QED) is 0.599. The van der Waals surface area contributed by atoms with Crippen LogP contribution in [0.25, 0.3) is 0 Å². The maximum atomic E-state index is 5.96. The number of rotatable bonds is 7. The van der Waals surface area contributed by atoms with Crippen molar-refractivity contribution in [1.29, 1.82) is 0 Å². The van der Waals surface area contributed by atoms with Crippen LogP contribution in [0.15, 0.2) is 0 Å². The van der Waals surface area contributed by atoms with Crippen molar-refractivity contribution in [3.8, 4) is 0 Å². The molecule has 2 nitrogen and oxygen atoms in total. The molecule has 0 bridgehead atoms. The lowest BCUT2D eigenvalue weighted by Crippen LogP contribution is -2.29. The number of ether oxygens (including phenoxy) is 1. The van der Waals surface area contributed by atoms with Gasteiger partial charge in [0.25, 0.3) is 0 Å². The molecule has 0 saturated carbocycles. The van der Waals surface area contributed by atoms with Gasteiger partial charge in [-0.3, -0.25) is 0 Å². The van der Waals surface area contributed by atoms with Gasteiger partial charge < -0.3 is 10.5 Å². The van der Waals surface area contributed by atoms with Gasteiger partial charge in [-0.2, -0.15) is 0 Å². The Bertz CT molecular complexity index is 95.8. The maximum Gasteiger partial charge on any atom is 0.0480 e. The molecule has 2 heteroatoms. The highest BCUT2D eigenvalue weighted by molar-refractivity contribution is 4.68. The first-order chi connectivity index (χ1) is 5.72. The number of hydrogen-bond donors (Lipinski definition) is 1. The second-order valence-corrected chi connectivity index (χ2v) is 3.42. The summed E-state index contributed by atoms with van der Waals surface area (Å²) in [4.78, 5) is 0. The lowest BCUT2D eigenvalue weighted by molar-refractivity contribution is 0.134. The fourth-order valence-electron chi connectivity index (χ4n) is 1.32. The third-order valence-corrected chi connectivity index (χ3v) is 2.27. The minimum absolute atomic E-state index is 0.316. The Hall–Kier alpha value is -0.0800. The van der Waals surface area contributed by atoms with Crippen LogP contribution in [-0.2, 0) is 4.74 Å². The van der Waals surface area contributed by atoms with Crippen molar-refractivity contribution in [3.05, 3.63) is 0 Å². The SMILES string of the molecule is CCCC(C)C(N)CCOCC. The smallest absolute Gasteiger partial charge is 0.0480 e. The molecule has 0 radical (unpaired) electrons. The molecule has 2 unspecified atom stereocenters. The molecular weight excluding hydrogens is 150 g/mol. The Balaban J connectivity index is 3.35.